The van der Waals surface area contributed by atoms with E-state index in [1.165, 1.54) is 0 Å². The second-order valence-electron chi connectivity index (χ2n) is 7.20. The first-order chi connectivity index (χ1) is 14.8. The van der Waals surface area contributed by atoms with Crippen LogP contribution in [0.25, 0.3) is 49.7 Å². The van der Waals surface area contributed by atoms with Gasteiger partial charge in [-0.3, -0.25) is 15.0 Å². The van der Waals surface area contributed by atoms with Gasteiger partial charge in [-0.25, -0.2) is 4.57 Å². The van der Waals surface area contributed by atoms with Crippen molar-refractivity contribution in [3.63, 3.8) is 0 Å². The van der Waals surface area contributed by atoms with Crippen molar-refractivity contribution in [2.75, 3.05) is 0 Å². The molecule has 0 bridgehead atoms. The summed E-state index contributed by atoms with van der Waals surface area (Å²) < 4.78 is 2.01. The van der Waals surface area contributed by atoms with Crippen LogP contribution in [0, 0.1) is 0 Å². The fourth-order valence-corrected chi connectivity index (χ4v) is 3.75. The molecule has 3 heterocycles. The van der Waals surface area contributed by atoms with Crippen LogP contribution in [0.4, 0.5) is 0 Å². The zero-order chi connectivity index (χ0) is 19.9. The molecule has 0 N–H and O–H groups in total. The van der Waals surface area contributed by atoms with E-state index in [-0.39, 0.29) is 0 Å². The summed E-state index contributed by atoms with van der Waals surface area (Å²) in [5.74, 6) is 0. The molecule has 0 atom stereocenters. The minimum Gasteiger partial charge on any atom is -0.256 e. The van der Waals surface area contributed by atoms with Crippen molar-refractivity contribution < 1.29 is 4.57 Å². The van der Waals surface area contributed by atoms with Gasteiger partial charge in [-0.05, 0) is 53.0 Å². The maximum atomic E-state index is 4.63. The van der Waals surface area contributed by atoms with Crippen molar-refractivity contribution >= 4 is 32.8 Å². The molecule has 6 aromatic rings. The van der Waals surface area contributed by atoms with Crippen LogP contribution >= 0.6 is 0 Å². The molecule has 30 heavy (non-hydrogen) atoms. The molecule has 0 amide bonds. The van der Waals surface area contributed by atoms with Gasteiger partial charge >= 0.3 is 0 Å². The number of aromatic nitrogens is 5. The lowest BCUT2D eigenvalue weighted by molar-refractivity contribution is -0.597. The molecule has 0 saturated carbocycles. The summed E-state index contributed by atoms with van der Waals surface area (Å²) in [4.78, 5) is 18.0. The van der Waals surface area contributed by atoms with Crippen molar-refractivity contribution in [3.05, 3.63) is 97.8 Å². The Kier molecular flexibility index (Phi) is 3.71. The molecule has 3 aromatic heterocycles. The van der Waals surface area contributed by atoms with Crippen LogP contribution < -0.4 is 4.57 Å². The van der Waals surface area contributed by atoms with E-state index in [0.29, 0.717) is 0 Å². The van der Waals surface area contributed by atoms with E-state index in [2.05, 4.69) is 56.5 Å². The molecular formula is C25H16N5+. The number of hydrogen-bond acceptors (Lipinski definition) is 4. The Balaban J connectivity index is 1.46. The Morgan fingerprint density at radius 3 is 2.33 bits per heavy atom. The third-order valence-corrected chi connectivity index (χ3v) is 5.30. The van der Waals surface area contributed by atoms with E-state index in [0.717, 1.165) is 49.7 Å². The van der Waals surface area contributed by atoms with Gasteiger partial charge in [-0.2, -0.15) is 0 Å². The number of nitrogens with zero attached hydrogens (tertiary/aromatic N) is 5. The number of fused-ring (bicyclic) bond motifs is 3. The minimum atomic E-state index is 0.860. The number of rotatable bonds is 2. The van der Waals surface area contributed by atoms with Gasteiger partial charge in [-0.15, -0.1) is 0 Å². The van der Waals surface area contributed by atoms with Crippen LogP contribution in [0.5, 0.6) is 0 Å². The second-order valence-corrected chi connectivity index (χ2v) is 7.20. The summed E-state index contributed by atoms with van der Waals surface area (Å²) in [6.45, 7) is 0. The van der Waals surface area contributed by atoms with E-state index in [4.69, 9.17) is 0 Å². The molecule has 0 unspecified atom stereocenters. The summed E-state index contributed by atoms with van der Waals surface area (Å²) in [5.41, 5.74) is 6.89. The van der Waals surface area contributed by atoms with Gasteiger partial charge in [0.15, 0.2) is 5.52 Å². The quantitative estimate of drug-likeness (QED) is 0.406. The summed E-state index contributed by atoms with van der Waals surface area (Å²) in [5, 5.41) is 2.19. The normalized spacial score (nSPS) is 11.3. The number of hydrogen-bond donors (Lipinski definition) is 0. The molecule has 0 fully saturated rings. The molecular weight excluding hydrogens is 370 g/mol. The van der Waals surface area contributed by atoms with Gasteiger partial charge in [0.25, 0.3) is 6.33 Å². The third kappa shape index (κ3) is 2.84. The van der Waals surface area contributed by atoms with Gasteiger partial charge in [0, 0.05) is 35.6 Å². The average molecular weight is 386 g/mol. The standard InChI is InChI=1S/C25H16N5/c1-2-4-22-18(3-1)12-19(14-28-22)17-5-7-23-20(11-17)15-30(16-29-23)21-6-8-24-25(13-21)27-10-9-26-24/h1-16H/q+1. The molecule has 0 saturated heterocycles. The first kappa shape index (κ1) is 16.7. The maximum absolute atomic E-state index is 4.63. The Bertz CT molecular complexity index is 1440. The molecule has 3 aromatic carbocycles. The topological polar surface area (TPSA) is 55.4 Å². The van der Waals surface area contributed by atoms with E-state index in [1.807, 2.05) is 53.5 Å². The highest BCUT2D eigenvalue weighted by molar-refractivity contribution is 5.87. The number of para-hydroxylation sites is 1. The summed E-state index contributed by atoms with van der Waals surface area (Å²) in [7, 11) is 0. The zero-order valence-corrected chi connectivity index (χ0v) is 16.0. The Morgan fingerprint density at radius 1 is 0.567 bits per heavy atom. The fraction of sp³-hybridized carbons (Fsp3) is 0. The van der Waals surface area contributed by atoms with Crippen LogP contribution in [0.2, 0.25) is 0 Å². The van der Waals surface area contributed by atoms with E-state index < -0.39 is 0 Å². The second kappa shape index (κ2) is 6.67. The molecule has 0 aliphatic heterocycles. The van der Waals surface area contributed by atoms with Crippen LogP contribution in [-0.4, -0.2) is 19.9 Å². The van der Waals surface area contributed by atoms with Gasteiger partial charge in [0.2, 0.25) is 0 Å². The molecule has 5 nitrogen and oxygen atoms in total. The molecule has 0 aliphatic rings. The van der Waals surface area contributed by atoms with Crippen LogP contribution in [0.15, 0.2) is 97.8 Å². The van der Waals surface area contributed by atoms with Crippen molar-refractivity contribution in [2.24, 2.45) is 0 Å². The fourth-order valence-electron chi connectivity index (χ4n) is 3.75. The zero-order valence-electron chi connectivity index (χ0n) is 16.0. The Labute approximate surface area is 172 Å². The molecule has 6 rings (SSSR count). The lowest BCUT2D eigenvalue weighted by atomic mass is 10.0. The monoisotopic (exact) mass is 386 g/mol. The van der Waals surface area contributed by atoms with Crippen molar-refractivity contribution in [1.29, 1.82) is 0 Å². The van der Waals surface area contributed by atoms with E-state index in [1.54, 1.807) is 12.4 Å². The van der Waals surface area contributed by atoms with Crippen LogP contribution in [0.1, 0.15) is 0 Å². The van der Waals surface area contributed by atoms with Gasteiger partial charge in [0.1, 0.15) is 11.9 Å². The lowest BCUT2D eigenvalue weighted by Gasteiger charge is -2.05. The summed E-state index contributed by atoms with van der Waals surface area (Å²) in [6.07, 6.45) is 9.26. The lowest BCUT2D eigenvalue weighted by Crippen LogP contribution is -2.30. The van der Waals surface area contributed by atoms with Gasteiger partial charge in [0.05, 0.1) is 21.9 Å². The Morgan fingerprint density at radius 2 is 1.37 bits per heavy atom. The van der Waals surface area contributed by atoms with Crippen molar-refractivity contribution in [2.45, 2.75) is 0 Å². The highest BCUT2D eigenvalue weighted by Gasteiger charge is 2.10. The third-order valence-electron chi connectivity index (χ3n) is 5.30. The van der Waals surface area contributed by atoms with E-state index in [9.17, 15) is 0 Å². The van der Waals surface area contributed by atoms with Crippen molar-refractivity contribution in [1.82, 2.24) is 19.9 Å². The highest BCUT2D eigenvalue weighted by Crippen LogP contribution is 2.25. The average Bonchev–Trinajstić information content (AvgIpc) is 2.82. The largest absolute Gasteiger partial charge is 0.291 e. The number of pyridine rings is 1. The SMILES string of the molecule is c1ccc2ncc(-c3ccc4nc[n+](-c5ccc6nccnc6c5)cc4c3)cc2c1. The Hall–Kier alpha value is -4.25. The number of benzene rings is 3. The molecule has 5 heteroatoms. The molecule has 0 spiro atoms. The van der Waals surface area contributed by atoms with Crippen molar-refractivity contribution in [3.8, 4) is 16.8 Å². The predicted octanol–water partition coefficient (Wildman–Crippen LogP) is 4.67. The van der Waals surface area contributed by atoms with E-state index >= 15 is 0 Å². The van der Waals surface area contributed by atoms with Gasteiger partial charge in [-0.1, -0.05) is 18.2 Å². The molecule has 0 aliphatic carbocycles. The smallest absolute Gasteiger partial charge is 0.256 e. The first-order valence-corrected chi connectivity index (χ1v) is 9.71. The van der Waals surface area contributed by atoms with Crippen LogP contribution in [0.3, 0.4) is 0 Å². The first-order valence-electron chi connectivity index (χ1n) is 9.71. The van der Waals surface area contributed by atoms with Crippen LogP contribution in [-0.2, 0) is 0 Å². The highest BCUT2D eigenvalue weighted by atomic mass is 15.0. The molecule has 140 valence electrons. The molecule has 0 radical (unpaired) electrons. The predicted molar refractivity (Wildman–Crippen MR) is 117 cm³/mol. The minimum absolute atomic E-state index is 0.860. The van der Waals surface area contributed by atoms with Gasteiger partial charge < -0.3 is 0 Å². The summed E-state index contributed by atoms with van der Waals surface area (Å²) in [6, 6.07) is 22.7. The maximum Gasteiger partial charge on any atom is 0.291 e. The summed E-state index contributed by atoms with van der Waals surface area (Å²) >= 11 is 0.